The van der Waals surface area contributed by atoms with Gasteiger partial charge in [0.05, 0.1) is 5.56 Å². The Bertz CT molecular complexity index is 1040. The van der Waals surface area contributed by atoms with E-state index in [0.29, 0.717) is 55.1 Å². The first-order valence-corrected chi connectivity index (χ1v) is 10.4. The van der Waals surface area contributed by atoms with Crippen LogP contribution in [0, 0.1) is 5.92 Å². The number of hydrogen-bond acceptors (Lipinski definition) is 6. The van der Waals surface area contributed by atoms with Gasteiger partial charge in [-0.2, -0.15) is 0 Å². The van der Waals surface area contributed by atoms with E-state index < -0.39 is 12.1 Å². The van der Waals surface area contributed by atoms with Gasteiger partial charge in [-0.1, -0.05) is 18.2 Å². The molecule has 1 fully saturated rings. The third kappa shape index (κ3) is 3.81. The molecule has 3 heterocycles. The van der Waals surface area contributed by atoms with Gasteiger partial charge < -0.3 is 24.4 Å². The standard InChI is InChI=1S/C23H22N2O6/c26-21(24-16-5-6-18-19(12-16)30-13-29-18)14-7-9-25(10-8-14)22(27)20-11-15-3-1-2-4-17(15)23(28)31-20/h1-6,12,14,20H,7-11,13H2,(H,24,26). The van der Waals surface area contributed by atoms with Crippen molar-refractivity contribution >= 4 is 23.5 Å². The van der Waals surface area contributed by atoms with E-state index in [4.69, 9.17) is 14.2 Å². The fraction of sp³-hybridized carbons (Fsp3) is 0.348. The number of benzene rings is 2. The number of piperidine rings is 1. The molecular formula is C23H22N2O6. The number of ether oxygens (including phenoxy) is 3. The molecule has 1 atom stereocenters. The second-order valence-corrected chi connectivity index (χ2v) is 7.91. The maximum absolute atomic E-state index is 12.9. The van der Waals surface area contributed by atoms with Crippen LogP contribution in [0.4, 0.5) is 5.69 Å². The Morgan fingerprint density at radius 1 is 1.00 bits per heavy atom. The van der Waals surface area contributed by atoms with Gasteiger partial charge in [-0.15, -0.1) is 0 Å². The molecule has 1 N–H and O–H groups in total. The highest BCUT2D eigenvalue weighted by Gasteiger charge is 2.36. The number of anilines is 1. The average Bonchev–Trinajstić information content (AvgIpc) is 3.26. The van der Waals surface area contributed by atoms with Crippen molar-refractivity contribution in [2.45, 2.75) is 25.4 Å². The van der Waals surface area contributed by atoms with Crippen LogP contribution < -0.4 is 14.8 Å². The lowest BCUT2D eigenvalue weighted by Gasteiger charge is -2.34. The maximum Gasteiger partial charge on any atom is 0.339 e. The molecule has 1 unspecified atom stereocenters. The first kappa shape index (κ1) is 19.4. The predicted molar refractivity (Wildman–Crippen MR) is 110 cm³/mol. The second-order valence-electron chi connectivity index (χ2n) is 7.91. The van der Waals surface area contributed by atoms with E-state index in [-0.39, 0.29) is 24.5 Å². The number of nitrogens with zero attached hydrogens (tertiary/aromatic N) is 1. The number of fused-ring (bicyclic) bond motifs is 2. The van der Waals surface area contributed by atoms with Crippen molar-refractivity contribution in [3.8, 4) is 11.5 Å². The zero-order chi connectivity index (χ0) is 21.4. The monoisotopic (exact) mass is 422 g/mol. The molecular weight excluding hydrogens is 400 g/mol. The smallest absolute Gasteiger partial charge is 0.339 e. The highest BCUT2D eigenvalue weighted by Crippen LogP contribution is 2.34. The molecule has 0 bridgehead atoms. The van der Waals surface area contributed by atoms with Gasteiger partial charge in [0.25, 0.3) is 5.91 Å². The molecule has 2 aromatic carbocycles. The minimum atomic E-state index is -0.804. The van der Waals surface area contributed by atoms with Crippen molar-refractivity contribution in [2.75, 3.05) is 25.2 Å². The number of likely N-dealkylation sites (tertiary alicyclic amines) is 1. The molecule has 0 saturated carbocycles. The van der Waals surface area contributed by atoms with E-state index in [1.807, 2.05) is 12.1 Å². The Kier molecular flexibility index (Phi) is 4.97. The number of nitrogens with one attached hydrogen (secondary N) is 1. The molecule has 8 heteroatoms. The Morgan fingerprint density at radius 2 is 1.77 bits per heavy atom. The van der Waals surface area contributed by atoms with Gasteiger partial charge in [0.1, 0.15) is 0 Å². The predicted octanol–water partition coefficient (Wildman–Crippen LogP) is 2.37. The van der Waals surface area contributed by atoms with Crippen LogP contribution in [0.25, 0.3) is 0 Å². The van der Waals surface area contributed by atoms with Crippen LogP contribution in [0.3, 0.4) is 0 Å². The molecule has 0 aliphatic carbocycles. The summed E-state index contributed by atoms with van der Waals surface area (Å²) in [6, 6.07) is 12.5. The molecule has 3 aliphatic rings. The minimum absolute atomic E-state index is 0.0796. The number of cyclic esters (lactones) is 1. The average molecular weight is 422 g/mol. The van der Waals surface area contributed by atoms with Crippen molar-refractivity contribution in [3.05, 3.63) is 53.6 Å². The molecule has 2 aromatic rings. The zero-order valence-corrected chi connectivity index (χ0v) is 16.8. The van der Waals surface area contributed by atoms with E-state index in [0.717, 1.165) is 5.56 Å². The summed E-state index contributed by atoms with van der Waals surface area (Å²) in [5, 5.41) is 2.92. The Hall–Kier alpha value is -3.55. The van der Waals surface area contributed by atoms with E-state index in [1.54, 1.807) is 35.2 Å². The normalized spacial score (nSPS) is 20.1. The van der Waals surface area contributed by atoms with Crippen LogP contribution in [0.1, 0.15) is 28.8 Å². The van der Waals surface area contributed by atoms with Crippen LogP contribution in [0.5, 0.6) is 11.5 Å². The number of amides is 2. The number of carbonyl (C=O) groups is 3. The lowest BCUT2D eigenvalue weighted by atomic mass is 9.94. The van der Waals surface area contributed by atoms with Gasteiger partial charge >= 0.3 is 5.97 Å². The molecule has 160 valence electrons. The van der Waals surface area contributed by atoms with Gasteiger partial charge in [-0.25, -0.2) is 4.79 Å². The van der Waals surface area contributed by atoms with Crippen LogP contribution >= 0.6 is 0 Å². The van der Waals surface area contributed by atoms with Crippen LogP contribution in [-0.2, 0) is 20.7 Å². The molecule has 3 aliphatic heterocycles. The van der Waals surface area contributed by atoms with E-state index in [1.165, 1.54) is 0 Å². The van der Waals surface area contributed by atoms with Crippen molar-refractivity contribution < 1.29 is 28.6 Å². The van der Waals surface area contributed by atoms with Crippen molar-refractivity contribution in [1.29, 1.82) is 0 Å². The summed E-state index contributed by atoms with van der Waals surface area (Å²) in [4.78, 5) is 39.5. The minimum Gasteiger partial charge on any atom is -0.454 e. The summed E-state index contributed by atoms with van der Waals surface area (Å²) in [6.07, 6.45) is 0.686. The summed E-state index contributed by atoms with van der Waals surface area (Å²) < 4.78 is 16.0. The highest BCUT2D eigenvalue weighted by molar-refractivity contribution is 5.96. The van der Waals surface area contributed by atoms with Gasteiger partial charge in [-0.3, -0.25) is 9.59 Å². The van der Waals surface area contributed by atoms with Gasteiger partial charge in [0.2, 0.25) is 12.7 Å². The zero-order valence-electron chi connectivity index (χ0n) is 16.8. The van der Waals surface area contributed by atoms with Crippen molar-refractivity contribution in [2.24, 2.45) is 5.92 Å². The van der Waals surface area contributed by atoms with E-state index in [2.05, 4.69) is 5.32 Å². The lowest BCUT2D eigenvalue weighted by Crippen LogP contribution is -2.48. The van der Waals surface area contributed by atoms with Crippen LogP contribution in [0.2, 0.25) is 0 Å². The Morgan fingerprint density at radius 3 is 2.61 bits per heavy atom. The number of esters is 1. The molecule has 5 rings (SSSR count). The maximum atomic E-state index is 12.9. The third-order valence-electron chi connectivity index (χ3n) is 5.98. The first-order valence-electron chi connectivity index (χ1n) is 10.4. The Labute approximate surface area is 179 Å². The lowest BCUT2D eigenvalue weighted by molar-refractivity contribution is -0.143. The SMILES string of the molecule is O=C1OC(C(=O)N2CCC(C(=O)Nc3ccc4c(c3)OCO4)CC2)Cc2ccccc21. The molecule has 0 aromatic heterocycles. The fourth-order valence-corrected chi connectivity index (χ4v) is 4.25. The van der Waals surface area contributed by atoms with Gasteiger partial charge in [-0.05, 0) is 36.6 Å². The number of hydrogen-bond donors (Lipinski definition) is 1. The Balaban J connectivity index is 1.16. The summed E-state index contributed by atoms with van der Waals surface area (Å²) >= 11 is 0. The summed E-state index contributed by atoms with van der Waals surface area (Å²) in [6.45, 7) is 1.09. The van der Waals surface area contributed by atoms with E-state index in [9.17, 15) is 14.4 Å². The van der Waals surface area contributed by atoms with Crippen LogP contribution in [0.15, 0.2) is 42.5 Å². The van der Waals surface area contributed by atoms with Crippen molar-refractivity contribution in [3.63, 3.8) is 0 Å². The largest absolute Gasteiger partial charge is 0.454 e. The summed E-state index contributed by atoms with van der Waals surface area (Å²) in [5.74, 6) is 0.349. The van der Waals surface area contributed by atoms with Crippen LogP contribution in [-0.4, -0.2) is 48.7 Å². The molecule has 31 heavy (non-hydrogen) atoms. The third-order valence-corrected chi connectivity index (χ3v) is 5.98. The fourth-order valence-electron chi connectivity index (χ4n) is 4.25. The summed E-state index contributed by atoms with van der Waals surface area (Å²) in [7, 11) is 0. The molecule has 2 amide bonds. The molecule has 1 saturated heterocycles. The number of carbonyl (C=O) groups excluding carboxylic acids is 3. The highest BCUT2D eigenvalue weighted by atomic mass is 16.7. The molecule has 8 nitrogen and oxygen atoms in total. The quantitative estimate of drug-likeness (QED) is 0.764. The first-order chi connectivity index (χ1) is 15.1. The number of rotatable bonds is 3. The van der Waals surface area contributed by atoms with Gasteiger partial charge in [0.15, 0.2) is 17.6 Å². The second kappa shape index (κ2) is 7.94. The topological polar surface area (TPSA) is 94.2 Å². The molecule has 0 spiro atoms. The van der Waals surface area contributed by atoms with Gasteiger partial charge in [0, 0.05) is 37.2 Å². The summed E-state index contributed by atoms with van der Waals surface area (Å²) in [5.41, 5.74) is 2.00. The van der Waals surface area contributed by atoms with Crippen molar-refractivity contribution in [1.82, 2.24) is 4.90 Å². The molecule has 0 radical (unpaired) electrons. The van der Waals surface area contributed by atoms with E-state index >= 15 is 0 Å².